The van der Waals surface area contributed by atoms with Crippen LogP contribution in [-0.4, -0.2) is 64.3 Å². The van der Waals surface area contributed by atoms with Gasteiger partial charge in [-0.3, -0.25) is 14.5 Å². The summed E-state index contributed by atoms with van der Waals surface area (Å²) in [7, 11) is 0. The minimum atomic E-state index is -8.66. The number of hydrogen-bond acceptors (Lipinski definition) is 2. The van der Waals surface area contributed by atoms with Crippen LogP contribution in [0, 0.1) is 0 Å². The van der Waals surface area contributed by atoms with Crippen LogP contribution < -0.4 is 0 Å². The largest absolute Gasteiger partial charge is 0.460 e. The van der Waals surface area contributed by atoms with Gasteiger partial charge in [-0.2, -0.15) is 74.6 Å². The number of rotatable bonds is 11. The first kappa shape index (κ1) is 34.1. The van der Waals surface area contributed by atoms with Crippen molar-refractivity contribution in [2.45, 2.75) is 67.0 Å². The van der Waals surface area contributed by atoms with Gasteiger partial charge in [-0.25, -0.2) is 0 Å². The zero-order valence-electron chi connectivity index (χ0n) is 19.3. The van der Waals surface area contributed by atoms with Crippen LogP contribution in [0.4, 0.5) is 74.6 Å². The first-order chi connectivity index (χ1) is 18.1. The molecule has 0 atom stereocenters. The minimum Gasteiger partial charge on any atom is -0.271 e. The molecule has 0 saturated carbocycles. The number of amides is 2. The first-order valence-electron chi connectivity index (χ1n) is 10.4. The number of aryl methyl sites for hydroxylation is 1. The van der Waals surface area contributed by atoms with E-state index in [0.29, 0.717) is 4.90 Å². The molecule has 0 bridgehead atoms. The van der Waals surface area contributed by atoms with Crippen molar-refractivity contribution in [3.8, 4) is 0 Å². The lowest BCUT2D eigenvalue weighted by molar-refractivity contribution is -0.461. The Labute approximate surface area is 216 Å². The summed E-state index contributed by atoms with van der Waals surface area (Å²) in [6.45, 7) is -0.382. The van der Waals surface area contributed by atoms with Crippen LogP contribution in [0.1, 0.15) is 17.5 Å². The normalized spacial score (nSPS) is 16.7. The fourth-order valence-corrected chi connectivity index (χ4v) is 3.24. The molecule has 2 rings (SSSR count). The summed E-state index contributed by atoms with van der Waals surface area (Å²) in [5.41, 5.74) is -0.320. The summed E-state index contributed by atoms with van der Waals surface area (Å²) in [4.78, 5) is 23.7. The van der Waals surface area contributed by atoms with E-state index in [1.54, 1.807) is 0 Å². The van der Waals surface area contributed by atoms with Gasteiger partial charge in [0.05, 0.1) is 6.54 Å². The molecule has 232 valence electrons. The smallest absolute Gasteiger partial charge is 0.271 e. The Morgan fingerprint density at radius 1 is 0.488 bits per heavy atom. The number of carbonyl (C=O) groups is 2. The van der Waals surface area contributed by atoms with Crippen molar-refractivity contribution < 1.29 is 84.2 Å². The molecule has 2 amide bonds. The molecule has 0 aromatic heterocycles. The highest BCUT2D eigenvalue weighted by Gasteiger charge is 2.95. The SMILES string of the molecule is O=C1C=CC(=O)N1Cc1ccc(CCC(F)(F)C(F)(F)C(F)(F)C(F)(F)C(F)(F)C(F)(F)C(F)(F)C(F)(F)F)cc1. The fraction of sp³-hybridized carbons (Fsp3) is 0.524. The highest BCUT2D eigenvalue weighted by atomic mass is 19.4. The van der Waals surface area contributed by atoms with E-state index in [9.17, 15) is 84.2 Å². The Hall–Kier alpha value is -3.09. The molecule has 0 aliphatic carbocycles. The molecule has 0 spiro atoms. The number of nitrogens with zero attached hydrogens (tertiary/aromatic N) is 1. The van der Waals surface area contributed by atoms with Crippen molar-refractivity contribution in [1.82, 2.24) is 4.90 Å². The molecule has 1 aliphatic heterocycles. The van der Waals surface area contributed by atoms with Crippen molar-refractivity contribution >= 4 is 11.8 Å². The van der Waals surface area contributed by atoms with Crippen LogP contribution in [0.5, 0.6) is 0 Å². The van der Waals surface area contributed by atoms with Crippen molar-refractivity contribution in [3.63, 3.8) is 0 Å². The van der Waals surface area contributed by atoms with E-state index in [-0.39, 0.29) is 12.1 Å². The van der Waals surface area contributed by atoms with Crippen molar-refractivity contribution in [2.75, 3.05) is 0 Å². The first-order valence-corrected chi connectivity index (χ1v) is 10.4. The van der Waals surface area contributed by atoms with Gasteiger partial charge in [-0.1, -0.05) is 24.3 Å². The van der Waals surface area contributed by atoms with E-state index in [4.69, 9.17) is 0 Å². The quantitative estimate of drug-likeness (QED) is 0.194. The Balaban J connectivity index is 2.30. The summed E-state index contributed by atoms with van der Waals surface area (Å²) in [5.74, 6) is -58.0. The topological polar surface area (TPSA) is 37.4 Å². The maximum Gasteiger partial charge on any atom is 0.460 e. The molecular formula is C21H12F17NO2. The van der Waals surface area contributed by atoms with E-state index in [1.165, 1.54) is 0 Å². The average Bonchev–Trinajstić information content (AvgIpc) is 3.14. The van der Waals surface area contributed by atoms with Crippen LogP contribution >= 0.6 is 0 Å². The molecule has 1 aliphatic rings. The Kier molecular flexibility index (Phi) is 8.34. The third-order valence-corrected chi connectivity index (χ3v) is 5.78. The summed E-state index contributed by atoms with van der Waals surface area (Å²) in [6.07, 6.45) is -10.0. The molecule has 1 aromatic carbocycles. The molecule has 0 saturated heterocycles. The molecule has 3 nitrogen and oxygen atoms in total. The molecule has 0 N–H and O–H groups in total. The number of hydrogen-bond donors (Lipinski definition) is 0. The van der Waals surface area contributed by atoms with Crippen molar-refractivity contribution in [1.29, 1.82) is 0 Å². The van der Waals surface area contributed by atoms with Crippen LogP contribution in [-0.2, 0) is 22.6 Å². The van der Waals surface area contributed by atoms with E-state index in [0.717, 1.165) is 36.4 Å². The Bertz CT molecular complexity index is 1170. The molecule has 1 aromatic rings. The van der Waals surface area contributed by atoms with Crippen LogP contribution in [0.2, 0.25) is 0 Å². The van der Waals surface area contributed by atoms with Gasteiger partial charge in [0.1, 0.15) is 0 Å². The third kappa shape index (κ3) is 5.21. The predicted octanol–water partition coefficient (Wildman–Crippen LogP) is 7.05. The van der Waals surface area contributed by atoms with E-state index in [2.05, 4.69) is 0 Å². The van der Waals surface area contributed by atoms with Crippen LogP contribution in [0.3, 0.4) is 0 Å². The van der Waals surface area contributed by atoms with E-state index < -0.39 is 77.9 Å². The molecule has 20 heteroatoms. The van der Waals surface area contributed by atoms with E-state index in [1.807, 2.05) is 0 Å². The van der Waals surface area contributed by atoms with Crippen molar-refractivity contribution in [3.05, 3.63) is 47.5 Å². The lowest BCUT2D eigenvalue weighted by Crippen LogP contribution is -2.74. The molecular weight excluding hydrogens is 621 g/mol. The molecule has 0 fully saturated rings. The van der Waals surface area contributed by atoms with Gasteiger partial charge in [0.2, 0.25) is 0 Å². The Morgan fingerprint density at radius 3 is 1.22 bits per heavy atom. The Morgan fingerprint density at radius 2 is 0.829 bits per heavy atom. The standard InChI is InChI=1S/C21H12F17NO2/c22-14(23,8-7-10-1-3-11(4-2-10)9-39-12(40)5-6-13(39)41)15(24,25)16(26,27)17(28,29)18(30,31)19(32,33)20(34,35)21(36,37)38/h1-6H,7-9H2. The molecule has 1 heterocycles. The molecule has 0 radical (unpaired) electrons. The molecule has 0 unspecified atom stereocenters. The van der Waals surface area contributed by atoms with Gasteiger partial charge in [0.25, 0.3) is 11.8 Å². The number of alkyl halides is 17. The highest BCUT2D eigenvalue weighted by Crippen LogP contribution is 2.64. The van der Waals surface area contributed by atoms with Gasteiger partial charge in [-0.15, -0.1) is 0 Å². The monoisotopic (exact) mass is 633 g/mol. The predicted molar refractivity (Wildman–Crippen MR) is 100 cm³/mol. The number of imide groups is 1. The van der Waals surface area contributed by atoms with Gasteiger partial charge >= 0.3 is 47.6 Å². The number of halogens is 17. The maximum absolute atomic E-state index is 14.0. The zero-order valence-corrected chi connectivity index (χ0v) is 19.3. The summed E-state index contributed by atoms with van der Waals surface area (Å²) < 4.78 is 227. The fourth-order valence-electron chi connectivity index (χ4n) is 3.24. The van der Waals surface area contributed by atoms with Crippen LogP contribution in [0.15, 0.2) is 36.4 Å². The number of benzene rings is 1. The number of carbonyl (C=O) groups excluding carboxylic acids is 2. The van der Waals surface area contributed by atoms with Gasteiger partial charge in [-0.05, 0) is 17.5 Å². The summed E-state index contributed by atoms with van der Waals surface area (Å²) in [5, 5.41) is 0. The average molecular weight is 633 g/mol. The van der Waals surface area contributed by atoms with Crippen molar-refractivity contribution in [2.24, 2.45) is 0 Å². The zero-order chi connectivity index (χ0) is 32.3. The summed E-state index contributed by atoms with van der Waals surface area (Å²) >= 11 is 0. The van der Waals surface area contributed by atoms with Gasteiger partial charge in [0, 0.05) is 18.6 Å². The van der Waals surface area contributed by atoms with E-state index >= 15 is 0 Å². The third-order valence-electron chi connectivity index (χ3n) is 5.78. The van der Waals surface area contributed by atoms with Crippen LogP contribution in [0.25, 0.3) is 0 Å². The molecule has 41 heavy (non-hydrogen) atoms. The van der Waals surface area contributed by atoms with Gasteiger partial charge in [0.15, 0.2) is 0 Å². The maximum atomic E-state index is 14.0. The second kappa shape index (κ2) is 10.0. The second-order valence-electron chi connectivity index (χ2n) is 8.56. The van der Waals surface area contributed by atoms with Gasteiger partial charge < -0.3 is 0 Å². The minimum absolute atomic E-state index is 0.126. The highest BCUT2D eigenvalue weighted by molar-refractivity contribution is 6.12. The lowest BCUT2D eigenvalue weighted by Gasteiger charge is -2.42. The summed E-state index contributed by atoms with van der Waals surface area (Å²) in [6, 6.07) is 3.69. The second-order valence-corrected chi connectivity index (χ2v) is 8.56. The lowest BCUT2D eigenvalue weighted by atomic mass is 9.87.